The fourth-order valence-corrected chi connectivity index (χ4v) is 6.23. The molecule has 6 rings (SSSR count). The predicted octanol–water partition coefficient (Wildman–Crippen LogP) is 4.28. The molecule has 0 spiro atoms. The summed E-state index contributed by atoms with van der Waals surface area (Å²) in [5.74, 6) is 1.78. The summed E-state index contributed by atoms with van der Waals surface area (Å²) in [6.07, 6.45) is 7.15. The Bertz CT molecular complexity index is 1470. The van der Waals surface area contributed by atoms with E-state index in [4.69, 9.17) is 9.84 Å². The molecule has 1 aromatic carbocycles. The van der Waals surface area contributed by atoms with E-state index < -0.39 is 0 Å². The number of aryl methyl sites for hydroxylation is 1. The monoisotopic (exact) mass is 570 g/mol. The van der Waals surface area contributed by atoms with Gasteiger partial charge in [0.1, 0.15) is 0 Å². The van der Waals surface area contributed by atoms with Gasteiger partial charge in [0.2, 0.25) is 11.9 Å². The molecule has 3 aromatic heterocycles. The minimum absolute atomic E-state index is 0.0992. The first-order valence-electron chi connectivity index (χ1n) is 15.2. The maximum absolute atomic E-state index is 10.1. The van der Waals surface area contributed by atoms with Crippen LogP contribution < -0.4 is 10.2 Å². The highest BCUT2D eigenvalue weighted by molar-refractivity contribution is 5.81. The molecule has 4 aromatic rings. The van der Waals surface area contributed by atoms with Crippen LogP contribution in [0, 0.1) is 6.92 Å². The molecule has 222 valence electrons. The van der Waals surface area contributed by atoms with E-state index in [0.29, 0.717) is 18.5 Å². The first kappa shape index (κ1) is 28.5. The summed E-state index contributed by atoms with van der Waals surface area (Å²) in [5, 5.41) is 18.4. The maximum Gasteiger partial charge on any atom is 0.241 e. The first-order chi connectivity index (χ1) is 20.5. The molecule has 10 heteroatoms. The van der Waals surface area contributed by atoms with Crippen LogP contribution in [-0.2, 0) is 11.3 Å². The third-order valence-electron chi connectivity index (χ3n) is 8.56. The van der Waals surface area contributed by atoms with Crippen molar-refractivity contribution in [2.75, 3.05) is 50.1 Å². The van der Waals surface area contributed by atoms with Crippen molar-refractivity contribution in [2.24, 2.45) is 0 Å². The number of ether oxygens (including phenoxy) is 1. The highest BCUT2D eigenvalue weighted by Crippen LogP contribution is 2.37. The summed E-state index contributed by atoms with van der Waals surface area (Å²) in [4.78, 5) is 18.5. The number of anilines is 2. The highest BCUT2D eigenvalue weighted by atomic mass is 16.5. The average molecular weight is 571 g/mol. The smallest absolute Gasteiger partial charge is 0.241 e. The SMILES string of the molecule is COCC(C)Nc1ncc2c(-c3ccc(CN4CCN(c5nccc(C)n5)CC4)cc3)cc([C@H]3CC[C@H](O)CC3)n2n1. The summed E-state index contributed by atoms with van der Waals surface area (Å²) >= 11 is 0. The van der Waals surface area contributed by atoms with Gasteiger partial charge < -0.3 is 20.1 Å². The Morgan fingerprint density at radius 2 is 1.79 bits per heavy atom. The number of fused-ring (bicyclic) bond motifs is 1. The van der Waals surface area contributed by atoms with Gasteiger partial charge in [0.05, 0.1) is 24.4 Å². The Morgan fingerprint density at radius 3 is 2.50 bits per heavy atom. The minimum Gasteiger partial charge on any atom is -0.393 e. The van der Waals surface area contributed by atoms with Gasteiger partial charge in [0, 0.05) is 74.9 Å². The van der Waals surface area contributed by atoms with Crippen LogP contribution in [0.2, 0.25) is 0 Å². The normalized spacial score (nSPS) is 20.6. The van der Waals surface area contributed by atoms with Gasteiger partial charge in [0.25, 0.3) is 0 Å². The standard InChI is InChI=1S/C32H42N8O2/c1-22-12-13-33-32(36-22)39-16-14-38(15-17-39)20-24-4-6-25(7-5-24)28-18-29(26-8-10-27(41)11-9-26)40-30(28)19-34-31(37-40)35-23(2)21-42-3/h4-7,12-13,18-19,23,26-27,41H,8-11,14-17,20-21H2,1-3H3,(H,35,37)/t23?,26-,27-. The van der Waals surface area contributed by atoms with Gasteiger partial charge in [-0.15, -0.1) is 5.10 Å². The Hall–Kier alpha value is -3.60. The van der Waals surface area contributed by atoms with E-state index in [-0.39, 0.29) is 12.1 Å². The number of aliphatic hydroxyl groups is 1. The van der Waals surface area contributed by atoms with Crippen LogP contribution in [-0.4, -0.2) is 86.6 Å². The number of aliphatic hydroxyl groups excluding tert-OH is 1. The van der Waals surface area contributed by atoms with Crippen LogP contribution in [0.5, 0.6) is 0 Å². The number of rotatable bonds is 9. The molecule has 1 unspecified atom stereocenters. The van der Waals surface area contributed by atoms with Crippen LogP contribution >= 0.6 is 0 Å². The second kappa shape index (κ2) is 12.7. The van der Waals surface area contributed by atoms with Gasteiger partial charge in [-0.05, 0) is 62.8 Å². The van der Waals surface area contributed by atoms with Crippen molar-refractivity contribution in [3.63, 3.8) is 0 Å². The largest absolute Gasteiger partial charge is 0.393 e. The van der Waals surface area contributed by atoms with Gasteiger partial charge >= 0.3 is 0 Å². The summed E-state index contributed by atoms with van der Waals surface area (Å²) in [5.41, 5.74) is 6.81. The van der Waals surface area contributed by atoms with Gasteiger partial charge in [-0.2, -0.15) is 0 Å². The van der Waals surface area contributed by atoms with Crippen LogP contribution in [0.4, 0.5) is 11.9 Å². The quantitative estimate of drug-likeness (QED) is 0.305. The lowest BCUT2D eigenvalue weighted by Crippen LogP contribution is -2.46. The number of nitrogens with zero attached hydrogens (tertiary/aromatic N) is 7. The fraction of sp³-hybridized carbons (Fsp3) is 0.500. The average Bonchev–Trinajstić information content (AvgIpc) is 3.37. The third kappa shape index (κ3) is 6.40. The Labute approximate surface area is 247 Å². The second-order valence-electron chi connectivity index (χ2n) is 11.8. The predicted molar refractivity (Wildman–Crippen MR) is 165 cm³/mol. The van der Waals surface area contributed by atoms with E-state index in [1.54, 1.807) is 7.11 Å². The van der Waals surface area contributed by atoms with Crippen molar-refractivity contribution in [1.82, 2.24) is 29.5 Å². The molecule has 1 atom stereocenters. The van der Waals surface area contributed by atoms with Crippen molar-refractivity contribution in [2.45, 2.75) is 64.1 Å². The van der Waals surface area contributed by atoms with Crippen LogP contribution in [0.25, 0.3) is 16.6 Å². The maximum atomic E-state index is 10.1. The molecule has 2 aliphatic rings. The van der Waals surface area contributed by atoms with Crippen molar-refractivity contribution in [1.29, 1.82) is 0 Å². The molecular formula is C32H42N8O2. The van der Waals surface area contributed by atoms with E-state index in [9.17, 15) is 5.11 Å². The van der Waals surface area contributed by atoms with E-state index >= 15 is 0 Å². The number of hydrogen-bond acceptors (Lipinski definition) is 9. The van der Waals surface area contributed by atoms with Gasteiger partial charge in [-0.3, -0.25) is 4.90 Å². The number of benzene rings is 1. The summed E-state index contributed by atoms with van der Waals surface area (Å²) in [7, 11) is 1.70. The third-order valence-corrected chi connectivity index (χ3v) is 8.56. The molecular weight excluding hydrogens is 528 g/mol. The molecule has 1 aliphatic carbocycles. The van der Waals surface area contributed by atoms with E-state index in [1.165, 1.54) is 11.3 Å². The van der Waals surface area contributed by atoms with E-state index in [2.05, 4.69) is 71.8 Å². The number of methoxy groups -OCH3 is 1. The number of hydrogen-bond donors (Lipinski definition) is 2. The molecule has 0 amide bonds. The van der Waals surface area contributed by atoms with Crippen LogP contribution in [0.1, 0.15) is 55.5 Å². The van der Waals surface area contributed by atoms with Gasteiger partial charge in [-0.1, -0.05) is 24.3 Å². The van der Waals surface area contributed by atoms with Crippen molar-refractivity contribution in [3.05, 3.63) is 65.7 Å². The second-order valence-corrected chi connectivity index (χ2v) is 11.8. The van der Waals surface area contributed by atoms with Gasteiger partial charge in [0.15, 0.2) is 0 Å². The summed E-state index contributed by atoms with van der Waals surface area (Å²) < 4.78 is 7.35. The fourth-order valence-electron chi connectivity index (χ4n) is 6.23. The zero-order chi connectivity index (χ0) is 29.1. The zero-order valence-electron chi connectivity index (χ0n) is 24.9. The molecule has 10 nitrogen and oxygen atoms in total. The molecule has 0 radical (unpaired) electrons. The number of piperazine rings is 1. The Kier molecular flexibility index (Phi) is 8.64. The zero-order valence-corrected chi connectivity index (χ0v) is 24.9. The van der Waals surface area contributed by atoms with E-state index in [1.807, 2.05) is 25.4 Å². The highest BCUT2D eigenvalue weighted by Gasteiger charge is 2.26. The Balaban J connectivity index is 1.19. The van der Waals surface area contributed by atoms with Crippen molar-refractivity contribution < 1.29 is 9.84 Å². The van der Waals surface area contributed by atoms with Crippen molar-refractivity contribution in [3.8, 4) is 11.1 Å². The van der Waals surface area contributed by atoms with Gasteiger partial charge in [-0.25, -0.2) is 19.5 Å². The molecule has 42 heavy (non-hydrogen) atoms. The molecule has 1 saturated carbocycles. The minimum atomic E-state index is -0.194. The topological polar surface area (TPSA) is 104 Å². The molecule has 2 N–H and O–H groups in total. The molecule has 4 heterocycles. The molecule has 1 aliphatic heterocycles. The molecule has 1 saturated heterocycles. The number of nitrogens with one attached hydrogen (secondary N) is 1. The first-order valence-corrected chi connectivity index (χ1v) is 15.2. The molecule has 2 fully saturated rings. The lowest BCUT2D eigenvalue weighted by Gasteiger charge is -2.34. The molecule has 0 bridgehead atoms. The van der Waals surface area contributed by atoms with Crippen LogP contribution in [0.15, 0.2) is 48.8 Å². The van der Waals surface area contributed by atoms with Crippen molar-refractivity contribution >= 4 is 17.4 Å². The summed E-state index contributed by atoms with van der Waals surface area (Å²) in [6, 6.07) is 13.3. The lowest BCUT2D eigenvalue weighted by atomic mass is 9.85. The lowest BCUT2D eigenvalue weighted by molar-refractivity contribution is 0.121. The summed E-state index contributed by atoms with van der Waals surface area (Å²) in [6.45, 7) is 9.40. The number of aromatic nitrogens is 5. The van der Waals surface area contributed by atoms with E-state index in [0.717, 1.165) is 86.7 Å². The Morgan fingerprint density at radius 1 is 1.02 bits per heavy atom. The van der Waals surface area contributed by atoms with Crippen LogP contribution in [0.3, 0.4) is 0 Å².